The van der Waals surface area contributed by atoms with E-state index in [1.165, 1.54) is 0 Å². The van der Waals surface area contributed by atoms with Gasteiger partial charge in [-0.05, 0) is 32.7 Å². The van der Waals surface area contributed by atoms with Gasteiger partial charge in [-0.3, -0.25) is 0 Å². The molecule has 1 aromatic rings. The number of methoxy groups -OCH3 is 1. The Morgan fingerprint density at radius 1 is 1.24 bits per heavy atom. The highest BCUT2D eigenvalue weighted by Crippen LogP contribution is 2.38. The highest BCUT2D eigenvalue weighted by molar-refractivity contribution is 5.82. The number of allylic oxidation sites excluding steroid dienone is 3. The summed E-state index contributed by atoms with van der Waals surface area (Å²) in [6.45, 7) is 1.37. The molecule has 0 saturated heterocycles. The Morgan fingerprint density at radius 3 is 2.71 bits per heavy atom. The topological polar surface area (TPSA) is 21.7 Å². The van der Waals surface area contributed by atoms with Crippen molar-refractivity contribution < 1.29 is 13.9 Å². The molecule has 0 N–H and O–H groups in total. The Balaban J connectivity index is 2.29. The van der Waals surface area contributed by atoms with Gasteiger partial charge in [-0.2, -0.15) is 0 Å². The molecule has 0 spiro atoms. The fraction of sp³-hybridized carbons (Fsp3) is 0.412. The van der Waals surface area contributed by atoms with Crippen LogP contribution in [0, 0.1) is 0 Å². The summed E-state index contributed by atoms with van der Waals surface area (Å²) < 4.78 is 25.4. The lowest BCUT2D eigenvalue weighted by Crippen LogP contribution is -2.19. The number of likely N-dealkylation sites (N-methyl/N-ethyl adjacent to an activating group) is 1. The maximum absolute atomic E-state index is 14.3. The molecular formula is C17H22FNO2. The summed E-state index contributed by atoms with van der Waals surface area (Å²) in [4.78, 5) is 2.05. The van der Waals surface area contributed by atoms with Gasteiger partial charge >= 0.3 is 0 Å². The van der Waals surface area contributed by atoms with Crippen molar-refractivity contribution >= 4 is 5.57 Å². The number of para-hydroxylation sites is 1. The molecule has 114 valence electrons. The molecule has 0 aromatic heterocycles. The smallest absolute Gasteiger partial charge is 0.127 e. The van der Waals surface area contributed by atoms with E-state index in [0.29, 0.717) is 36.5 Å². The van der Waals surface area contributed by atoms with Crippen molar-refractivity contribution in [3.63, 3.8) is 0 Å². The molecule has 0 radical (unpaired) electrons. The Hall–Kier alpha value is -1.81. The average Bonchev–Trinajstić information content (AvgIpc) is 2.47. The molecule has 21 heavy (non-hydrogen) atoms. The lowest BCUT2D eigenvalue weighted by atomic mass is 9.96. The van der Waals surface area contributed by atoms with E-state index >= 15 is 0 Å². The van der Waals surface area contributed by atoms with E-state index in [4.69, 9.17) is 9.47 Å². The fourth-order valence-corrected chi connectivity index (χ4v) is 2.29. The van der Waals surface area contributed by atoms with E-state index in [1.807, 2.05) is 49.3 Å². The molecule has 0 fully saturated rings. The first-order chi connectivity index (χ1) is 10.1. The summed E-state index contributed by atoms with van der Waals surface area (Å²) in [6.07, 6.45) is 3.01. The highest BCUT2D eigenvalue weighted by atomic mass is 19.1. The summed E-state index contributed by atoms with van der Waals surface area (Å²) in [5, 5.41) is 0. The van der Waals surface area contributed by atoms with Crippen LogP contribution in [0.3, 0.4) is 0 Å². The van der Waals surface area contributed by atoms with E-state index in [2.05, 4.69) is 0 Å². The van der Waals surface area contributed by atoms with Crippen LogP contribution in [-0.2, 0) is 4.74 Å². The second kappa shape index (κ2) is 7.27. The van der Waals surface area contributed by atoms with Gasteiger partial charge in [-0.15, -0.1) is 0 Å². The summed E-state index contributed by atoms with van der Waals surface area (Å²) >= 11 is 0. The van der Waals surface area contributed by atoms with E-state index < -0.39 is 0 Å². The van der Waals surface area contributed by atoms with E-state index in [9.17, 15) is 4.39 Å². The Bertz CT molecular complexity index is 549. The molecule has 3 nitrogen and oxygen atoms in total. The molecule has 0 heterocycles. The molecule has 1 aromatic carbocycles. The number of nitrogens with zero attached hydrogens (tertiary/aromatic N) is 1. The first kappa shape index (κ1) is 15.6. The quantitative estimate of drug-likeness (QED) is 0.799. The lowest BCUT2D eigenvalue weighted by Gasteiger charge is -2.20. The number of hydrogen-bond donors (Lipinski definition) is 0. The summed E-state index contributed by atoms with van der Waals surface area (Å²) in [5.41, 5.74) is 1.27. The molecule has 0 atom stereocenters. The normalized spacial score (nSPS) is 15.2. The highest BCUT2D eigenvalue weighted by Gasteiger charge is 2.21. The van der Waals surface area contributed by atoms with Gasteiger partial charge < -0.3 is 14.4 Å². The molecule has 4 heteroatoms. The van der Waals surface area contributed by atoms with Crippen LogP contribution in [0.15, 0.2) is 41.9 Å². The third-order valence-corrected chi connectivity index (χ3v) is 3.38. The molecule has 1 aliphatic rings. The summed E-state index contributed by atoms with van der Waals surface area (Å²) in [6, 6.07) is 7.52. The number of rotatable bonds is 6. The molecule has 0 aliphatic heterocycles. The number of benzene rings is 1. The number of ether oxygens (including phenoxy) is 2. The van der Waals surface area contributed by atoms with Crippen molar-refractivity contribution in [2.45, 2.75) is 12.8 Å². The van der Waals surface area contributed by atoms with Crippen LogP contribution in [0.1, 0.15) is 18.4 Å². The summed E-state index contributed by atoms with van der Waals surface area (Å²) in [5.74, 6) is 1.13. The molecule has 2 rings (SSSR count). The first-order valence-corrected chi connectivity index (χ1v) is 7.13. The third-order valence-electron chi connectivity index (χ3n) is 3.38. The minimum absolute atomic E-state index is 0.141. The van der Waals surface area contributed by atoms with Gasteiger partial charge in [0, 0.05) is 18.5 Å². The molecule has 0 bridgehead atoms. The van der Waals surface area contributed by atoms with Crippen molar-refractivity contribution in [2.75, 3.05) is 34.4 Å². The Morgan fingerprint density at radius 2 is 2.00 bits per heavy atom. The SMILES string of the molecule is COC1=CCCC(F)=C1c1ccccc1OCCN(C)C. The van der Waals surface area contributed by atoms with E-state index in [1.54, 1.807) is 7.11 Å². The van der Waals surface area contributed by atoms with Crippen molar-refractivity contribution in [3.05, 3.63) is 47.5 Å². The maximum Gasteiger partial charge on any atom is 0.127 e. The van der Waals surface area contributed by atoms with Crippen molar-refractivity contribution in [1.29, 1.82) is 0 Å². The standard InChI is InChI=1S/C17H22FNO2/c1-19(2)11-12-21-15-9-5-4-7-13(15)17-14(18)8-6-10-16(17)20-3/h4-5,7,9-10H,6,8,11-12H2,1-3H3. The zero-order valence-electron chi connectivity index (χ0n) is 12.9. The van der Waals surface area contributed by atoms with Crippen LogP contribution >= 0.6 is 0 Å². The third kappa shape index (κ3) is 3.85. The Labute approximate surface area is 125 Å². The zero-order valence-corrected chi connectivity index (χ0v) is 12.9. The predicted octanol–water partition coefficient (Wildman–Crippen LogP) is 3.63. The fourth-order valence-electron chi connectivity index (χ4n) is 2.29. The molecule has 0 saturated carbocycles. The van der Waals surface area contributed by atoms with Gasteiger partial charge in [0.1, 0.15) is 23.9 Å². The van der Waals surface area contributed by atoms with Crippen LogP contribution in [0.2, 0.25) is 0 Å². The van der Waals surface area contributed by atoms with Gasteiger partial charge in [0.2, 0.25) is 0 Å². The molecular weight excluding hydrogens is 269 g/mol. The molecule has 0 unspecified atom stereocenters. The van der Waals surface area contributed by atoms with Crippen molar-refractivity contribution in [2.24, 2.45) is 0 Å². The van der Waals surface area contributed by atoms with Crippen LogP contribution < -0.4 is 4.74 Å². The van der Waals surface area contributed by atoms with Gasteiger partial charge in [-0.1, -0.05) is 18.2 Å². The zero-order chi connectivity index (χ0) is 15.2. The monoisotopic (exact) mass is 291 g/mol. The van der Waals surface area contributed by atoms with Crippen LogP contribution in [0.4, 0.5) is 4.39 Å². The van der Waals surface area contributed by atoms with Gasteiger partial charge in [-0.25, -0.2) is 4.39 Å². The summed E-state index contributed by atoms with van der Waals surface area (Å²) in [7, 11) is 5.55. The van der Waals surface area contributed by atoms with Crippen LogP contribution in [0.5, 0.6) is 5.75 Å². The molecule has 1 aliphatic carbocycles. The van der Waals surface area contributed by atoms with Gasteiger partial charge in [0.25, 0.3) is 0 Å². The first-order valence-electron chi connectivity index (χ1n) is 7.13. The predicted molar refractivity (Wildman–Crippen MR) is 82.8 cm³/mol. The minimum Gasteiger partial charge on any atom is -0.496 e. The van der Waals surface area contributed by atoms with Crippen molar-refractivity contribution in [1.82, 2.24) is 4.90 Å². The number of hydrogen-bond acceptors (Lipinski definition) is 3. The van der Waals surface area contributed by atoms with E-state index in [0.717, 1.165) is 12.1 Å². The largest absolute Gasteiger partial charge is 0.496 e. The van der Waals surface area contributed by atoms with Crippen LogP contribution in [-0.4, -0.2) is 39.3 Å². The maximum atomic E-state index is 14.3. The Kier molecular flexibility index (Phi) is 5.39. The van der Waals surface area contributed by atoms with Crippen LogP contribution in [0.25, 0.3) is 5.57 Å². The second-order valence-electron chi connectivity index (χ2n) is 5.24. The van der Waals surface area contributed by atoms with Gasteiger partial charge in [0.15, 0.2) is 0 Å². The molecule has 0 amide bonds. The number of halogens is 1. The average molecular weight is 291 g/mol. The van der Waals surface area contributed by atoms with Crippen molar-refractivity contribution in [3.8, 4) is 5.75 Å². The second-order valence-corrected chi connectivity index (χ2v) is 5.24. The van der Waals surface area contributed by atoms with Gasteiger partial charge in [0.05, 0.1) is 12.7 Å². The van der Waals surface area contributed by atoms with E-state index in [-0.39, 0.29) is 5.83 Å². The lowest BCUT2D eigenvalue weighted by molar-refractivity contribution is 0.260. The minimum atomic E-state index is -0.141.